The van der Waals surface area contributed by atoms with Gasteiger partial charge in [0.1, 0.15) is 24.5 Å². The maximum absolute atomic E-state index is 12.8. The van der Waals surface area contributed by atoms with E-state index in [4.69, 9.17) is 21.1 Å². The lowest BCUT2D eigenvalue weighted by Gasteiger charge is -2.53. The van der Waals surface area contributed by atoms with Crippen LogP contribution in [-0.4, -0.2) is 53.9 Å². The molecule has 0 atom stereocenters. The van der Waals surface area contributed by atoms with Gasteiger partial charge in [-0.05, 0) is 29.8 Å². The summed E-state index contributed by atoms with van der Waals surface area (Å²) in [5, 5.41) is 3.51. The molecular weight excluding hydrogens is 458 g/mol. The summed E-state index contributed by atoms with van der Waals surface area (Å²) >= 11 is 7.59. The second-order valence-electron chi connectivity index (χ2n) is 8.89. The molecule has 3 aliphatic heterocycles. The number of carbonyl (C=O) groups is 1. The third-order valence-electron chi connectivity index (χ3n) is 6.89. The van der Waals surface area contributed by atoms with E-state index in [1.807, 2.05) is 54.6 Å². The van der Waals surface area contributed by atoms with Crippen LogP contribution in [-0.2, 0) is 4.74 Å². The number of para-hydroxylation sites is 1. The largest absolute Gasteiger partial charge is 0.488 e. The van der Waals surface area contributed by atoms with Gasteiger partial charge in [-0.25, -0.2) is 9.78 Å². The van der Waals surface area contributed by atoms with Crippen molar-refractivity contribution in [2.24, 2.45) is 0 Å². The number of halogens is 1. The highest BCUT2D eigenvalue weighted by molar-refractivity contribution is 7.13. The SMILES string of the molecule is O=C(Nc1ncsc1-c1cccc(Cl)c1)OC12CC[N+](CCOc3ccccc3)(CC1)CC2. The van der Waals surface area contributed by atoms with E-state index in [-0.39, 0.29) is 5.60 Å². The Morgan fingerprint density at radius 1 is 1.09 bits per heavy atom. The highest BCUT2D eigenvalue weighted by Gasteiger charge is 2.51. The zero-order chi connectivity index (χ0) is 22.7. The molecule has 3 aromatic rings. The molecule has 0 radical (unpaired) electrons. The predicted octanol–water partition coefficient (Wildman–Crippen LogP) is 5.84. The van der Waals surface area contributed by atoms with Gasteiger partial charge >= 0.3 is 6.09 Å². The summed E-state index contributed by atoms with van der Waals surface area (Å²) in [7, 11) is 0. The first-order valence-electron chi connectivity index (χ1n) is 11.3. The maximum atomic E-state index is 12.8. The van der Waals surface area contributed by atoms with E-state index in [0.29, 0.717) is 17.4 Å². The van der Waals surface area contributed by atoms with Crippen LogP contribution in [0.15, 0.2) is 60.1 Å². The number of piperidine rings is 3. The Bertz CT molecular complexity index is 1100. The number of quaternary nitrogens is 1. The fraction of sp³-hybridized carbons (Fsp3) is 0.360. The van der Waals surface area contributed by atoms with Crippen molar-refractivity contribution in [3.63, 3.8) is 0 Å². The zero-order valence-corrected chi connectivity index (χ0v) is 19.9. The van der Waals surface area contributed by atoms with Crippen LogP contribution in [0.4, 0.5) is 10.6 Å². The van der Waals surface area contributed by atoms with Gasteiger partial charge in [0, 0.05) is 24.3 Å². The van der Waals surface area contributed by atoms with E-state index in [1.54, 1.807) is 5.51 Å². The van der Waals surface area contributed by atoms with Gasteiger partial charge in [0.25, 0.3) is 0 Å². The first-order chi connectivity index (χ1) is 16.0. The fourth-order valence-corrected chi connectivity index (χ4v) is 5.82. The predicted molar refractivity (Wildman–Crippen MR) is 131 cm³/mol. The van der Waals surface area contributed by atoms with Crippen molar-refractivity contribution in [2.45, 2.75) is 24.9 Å². The minimum atomic E-state index is -0.432. The van der Waals surface area contributed by atoms with E-state index in [2.05, 4.69) is 10.3 Å². The Kier molecular flexibility index (Phi) is 6.27. The van der Waals surface area contributed by atoms with Crippen molar-refractivity contribution in [3.05, 3.63) is 65.1 Å². The Morgan fingerprint density at radius 2 is 1.85 bits per heavy atom. The van der Waals surface area contributed by atoms with Gasteiger partial charge in [-0.15, -0.1) is 11.3 Å². The lowest BCUT2D eigenvalue weighted by atomic mass is 9.81. The van der Waals surface area contributed by atoms with E-state index >= 15 is 0 Å². The first-order valence-corrected chi connectivity index (χ1v) is 12.5. The molecule has 33 heavy (non-hydrogen) atoms. The number of carbonyl (C=O) groups excluding carboxylic acids is 1. The molecule has 3 saturated heterocycles. The molecule has 8 heteroatoms. The smallest absolute Gasteiger partial charge is 0.413 e. The summed E-state index contributed by atoms with van der Waals surface area (Å²) in [6, 6.07) is 17.5. The number of ether oxygens (including phenoxy) is 2. The van der Waals surface area contributed by atoms with Crippen molar-refractivity contribution in [1.29, 1.82) is 0 Å². The second kappa shape index (κ2) is 9.33. The van der Waals surface area contributed by atoms with Crippen LogP contribution in [0.25, 0.3) is 10.4 Å². The topological polar surface area (TPSA) is 60.5 Å². The van der Waals surface area contributed by atoms with Gasteiger partial charge in [-0.2, -0.15) is 0 Å². The second-order valence-corrected chi connectivity index (χ2v) is 10.2. The molecular formula is C25H27ClN3O3S+. The van der Waals surface area contributed by atoms with Gasteiger partial charge in [0.2, 0.25) is 0 Å². The minimum absolute atomic E-state index is 0.378. The minimum Gasteiger partial charge on any atom is -0.488 e. The van der Waals surface area contributed by atoms with Gasteiger partial charge < -0.3 is 14.0 Å². The Hall–Kier alpha value is -2.61. The number of hydrogen-bond donors (Lipinski definition) is 1. The summed E-state index contributed by atoms with van der Waals surface area (Å²) in [4.78, 5) is 18.0. The third-order valence-corrected chi connectivity index (χ3v) is 8.00. The number of thiazole rings is 1. The molecule has 0 spiro atoms. The molecule has 3 aliphatic rings. The monoisotopic (exact) mass is 484 g/mol. The Labute approximate surface area is 202 Å². The highest BCUT2D eigenvalue weighted by Crippen LogP contribution is 2.40. The molecule has 2 aromatic carbocycles. The van der Waals surface area contributed by atoms with Crippen LogP contribution in [0.2, 0.25) is 5.02 Å². The highest BCUT2D eigenvalue weighted by atomic mass is 35.5. The van der Waals surface area contributed by atoms with E-state index < -0.39 is 6.09 Å². The molecule has 1 N–H and O–H groups in total. The molecule has 2 bridgehead atoms. The van der Waals surface area contributed by atoms with E-state index in [9.17, 15) is 4.79 Å². The average Bonchev–Trinajstić information content (AvgIpc) is 3.29. The number of aromatic nitrogens is 1. The molecule has 172 valence electrons. The number of amides is 1. The van der Waals surface area contributed by atoms with Crippen molar-refractivity contribution in [3.8, 4) is 16.2 Å². The van der Waals surface area contributed by atoms with Crippen LogP contribution in [0.1, 0.15) is 19.3 Å². The summed E-state index contributed by atoms with van der Waals surface area (Å²) < 4.78 is 13.0. The summed E-state index contributed by atoms with van der Waals surface area (Å²) in [5.74, 6) is 1.43. The number of nitrogens with zero attached hydrogens (tertiary/aromatic N) is 2. The Morgan fingerprint density at radius 3 is 2.58 bits per heavy atom. The van der Waals surface area contributed by atoms with Crippen LogP contribution in [0, 0.1) is 0 Å². The van der Waals surface area contributed by atoms with E-state index in [0.717, 1.165) is 66.1 Å². The Balaban J connectivity index is 1.15. The van der Waals surface area contributed by atoms with Crippen LogP contribution in [0.3, 0.4) is 0 Å². The lowest BCUT2D eigenvalue weighted by Crippen LogP contribution is -2.66. The standard InChI is InChI=1S/C25H26ClN3O3S/c26-20-6-4-5-19(17-20)22-23(27-18-33-22)28-24(30)32-25-9-12-29(13-10-25,14-11-25)15-16-31-21-7-2-1-3-8-21/h1-8,17-18H,9-16H2/p+1. The average molecular weight is 485 g/mol. The molecule has 0 aliphatic carbocycles. The van der Waals surface area contributed by atoms with Gasteiger partial charge in [0.15, 0.2) is 5.82 Å². The molecule has 1 amide bonds. The number of rotatable bonds is 7. The summed E-state index contributed by atoms with van der Waals surface area (Å²) in [6.07, 6.45) is 2.20. The van der Waals surface area contributed by atoms with E-state index in [1.165, 1.54) is 11.3 Å². The first kappa shape index (κ1) is 22.2. The van der Waals surface area contributed by atoms with Crippen LogP contribution < -0.4 is 10.1 Å². The van der Waals surface area contributed by atoms with Gasteiger partial charge in [0.05, 0.1) is 30.0 Å². The van der Waals surface area contributed by atoms with Crippen LogP contribution in [0.5, 0.6) is 5.75 Å². The number of fused-ring (bicyclic) bond motifs is 3. The maximum Gasteiger partial charge on any atom is 0.413 e. The zero-order valence-electron chi connectivity index (χ0n) is 18.3. The molecule has 3 fully saturated rings. The normalized spacial score (nSPS) is 23.8. The fourth-order valence-electron chi connectivity index (χ4n) is 4.88. The van der Waals surface area contributed by atoms with Gasteiger partial charge in [-0.3, -0.25) is 5.32 Å². The molecule has 1 aromatic heterocycles. The summed E-state index contributed by atoms with van der Waals surface area (Å²) in [5.41, 5.74) is 2.26. The molecule has 4 heterocycles. The third kappa shape index (κ3) is 5.00. The molecule has 6 rings (SSSR count). The number of hydrogen-bond acceptors (Lipinski definition) is 5. The van der Waals surface area contributed by atoms with Crippen molar-refractivity contribution < 1.29 is 18.8 Å². The van der Waals surface area contributed by atoms with Crippen LogP contribution >= 0.6 is 22.9 Å². The molecule has 0 unspecified atom stereocenters. The van der Waals surface area contributed by atoms with Crippen molar-refractivity contribution >= 4 is 34.8 Å². The molecule has 0 saturated carbocycles. The van der Waals surface area contributed by atoms with Crippen molar-refractivity contribution in [1.82, 2.24) is 4.98 Å². The number of nitrogens with one attached hydrogen (secondary N) is 1. The number of anilines is 1. The lowest BCUT2D eigenvalue weighted by molar-refractivity contribution is -0.944. The molecule has 6 nitrogen and oxygen atoms in total. The quantitative estimate of drug-likeness (QED) is 0.428. The summed E-state index contributed by atoms with van der Waals surface area (Å²) in [6.45, 7) is 4.72. The van der Waals surface area contributed by atoms with Gasteiger partial charge in [-0.1, -0.05) is 41.9 Å². The van der Waals surface area contributed by atoms with Crippen molar-refractivity contribution in [2.75, 3.05) is 38.1 Å². The number of benzene rings is 2.